The van der Waals surface area contributed by atoms with Gasteiger partial charge in [0.1, 0.15) is 5.75 Å². The fraction of sp³-hybridized carbons (Fsp3) is 0.625. The van der Waals surface area contributed by atoms with Gasteiger partial charge in [-0.2, -0.15) is 11.8 Å². The van der Waals surface area contributed by atoms with Crippen molar-refractivity contribution in [2.24, 2.45) is 0 Å². The SMILES string of the molecule is COc1ccc2c(c1)C(NCCSCCCO)CCC2. The highest BCUT2D eigenvalue weighted by molar-refractivity contribution is 7.99. The molecule has 0 aromatic heterocycles. The Labute approximate surface area is 126 Å². The summed E-state index contributed by atoms with van der Waals surface area (Å²) >= 11 is 1.91. The summed E-state index contributed by atoms with van der Waals surface area (Å²) in [7, 11) is 1.73. The Morgan fingerprint density at radius 3 is 3.10 bits per heavy atom. The monoisotopic (exact) mass is 295 g/mol. The molecule has 1 aromatic rings. The second-order valence-corrected chi connectivity index (χ2v) is 6.38. The fourth-order valence-corrected chi connectivity index (χ4v) is 3.49. The van der Waals surface area contributed by atoms with E-state index >= 15 is 0 Å². The summed E-state index contributed by atoms with van der Waals surface area (Å²) in [5.41, 5.74) is 2.87. The third kappa shape index (κ3) is 4.40. The van der Waals surface area contributed by atoms with E-state index in [9.17, 15) is 0 Å². The molecule has 0 amide bonds. The van der Waals surface area contributed by atoms with Crippen molar-refractivity contribution in [3.05, 3.63) is 29.3 Å². The molecule has 0 saturated heterocycles. The van der Waals surface area contributed by atoms with Crippen LogP contribution in [0.25, 0.3) is 0 Å². The van der Waals surface area contributed by atoms with Gasteiger partial charge >= 0.3 is 0 Å². The van der Waals surface area contributed by atoms with Gasteiger partial charge in [0.25, 0.3) is 0 Å². The first-order valence-electron chi connectivity index (χ1n) is 7.44. The smallest absolute Gasteiger partial charge is 0.119 e. The molecule has 20 heavy (non-hydrogen) atoms. The number of hydrogen-bond acceptors (Lipinski definition) is 4. The quantitative estimate of drug-likeness (QED) is 0.724. The molecular weight excluding hydrogens is 270 g/mol. The molecule has 0 bridgehead atoms. The minimum absolute atomic E-state index is 0.302. The lowest BCUT2D eigenvalue weighted by atomic mass is 9.87. The van der Waals surface area contributed by atoms with Crippen LogP contribution in [-0.2, 0) is 6.42 Å². The van der Waals surface area contributed by atoms with Crippen LogP contribution in [-0.4, -0.2) is 36.9 Å². The largest absolute Gasteiger partial charge is 0.497 e. The number of fused-ring (bicyclic) bond motifs is 1. The normalized spacial score (nSPS) is 17.8. The van der Waals surface area contributed by atoms with Gasteiger partial charge in [0.05, 0.1) is 7.11 Å². The minimum atomic E-state index is 0.302. The molecule has 1 unspecified atom stereocenters. The molecule has 4 heteroatoms. The molecule has 112 valence electrons. The molecule has 1 aromatic carbocycles. The van der Waals surface area contributed by atoms with Crippen LogP contribution >= 0.6 is 11.8 Å². The van der Waals surface area contributed by atoms with Crippen molar-refractivity contribution in [2.45, 2.75) is 31.7 Å². The van der Waals surface area contributed by atoms with E-state index in [0.717, 1.165) is 30.2 Å². The number of aryl methyl sites for hydroxylation is 1. The molecule has 0 fully saturated rings. The zero-order valence-electron chi connectivity index (χ0n) is 12.2. The van der Waals surface area contributed by atoms with Crippen LogP contribution in [0.2, 0.25) is 0 Å². The Kier molecular flexibility index (Phi) is 6.70. The average molecular weight is 295 g/mol. The number of aliphatic hydroxyl groups excluding tert-OH is 1. The topological polar surface area (TPSA) is 41.5 Å². The first-order valence-corrected chi connectivity index (χ1v) is 8.59. The second-order valence-electron chi connectivity index (χ2n) is 5.15. The molecule has 0 heterocycles. The van der Waals surface area contributed by atoms with E-state index < -0.39 is 0 Å². The lowest BCUT2D eigenvalue weighted by Crippen LogP contribution is -2.27. The summed E-state index contributed by atoms with van der Waals surface area (Å²) in [6.45, 7) is 1.33. The van der Waals surface area contributed by atoms with Crippen LogP contribution in [0, 0.1) is 0 Å². The van der Waals surface area contributed by atoms with Gasteiger partial charge in [0.2, 0.25) is 0 Å². The van der Waals surface area contributed by atoms with Crippen molar-refractivity contribution >= 4 is 11.8 Å². The van der Waals surface area contributed by atoms with E-state index in [2.05, 4.69) is 23.5 Å². The number of thioether (sulfide) groups is 1. The van der Waals surface area contributed by atoms with E-state index in [0.29, 0.717) is 12.6 Å². The predicted molar refractivity (Wildman–Crippen MR) is 85.7 cm³/mol. The molecule has 2 N–H and O–H groups in total. The maximum Gasteiger partial charge on any atom is 0.119 e. The Morgan fingerprint density at radius 1 is 1.40 bits per heavy atom. The summed E-state index contributed by atoms with van der Waals surface area (Å²) in [5.74, 6) is 3.11. The van der Waals surface area contributed by atoms with Gasteiger partial charge < -0.3 is 15.2 Å². The molecule has 1 aliphatic rings. The van der Waals surface area contributed by atoms with E-state index in [1.165, 1.54) is 30.4 Å². The first-order chi connectivity index (χ1) is 9.85. The molecule has 3 nitrogen and oxygen atoms in total. The molecule has 0 aliphatic heterocycles. The van der Waals surface area contributed by atoms with Crippen LogP contribution in [0.1, 0.15) is 36.4 Å². The lowest BCUT2D eigenvalue weighted by molar-refractivity contribution is 0.296. The number of ether oxygens (including phenoxy) is 1. The maximum absolute atomic E-state index is 8.74. The number of aliphatic hydroxyl groups is 1. The van der Waals surface area contributed by atoms with Crippen molar-refractivity contribution in [3.8, 4) is 5.75 Å². The molecule has 0 spiro atoms. The highest BCUT2D eigenvalue weighted by atomic mass is 32.2. The van der Waals surface area contributed by atoms with Crippen molar-refractivity contribution in [3.63, 3.8) is 0 Å². The summed E-state index contributed by atoms with van der Waals surface area (Å²) in [5, 5.41) is 12.4. The third-order valence-corrected chi connectivity index (χ3v) is 4.82. The number of rotatable bonds is 8. The van der Waals surface area contributed by atoms with Crippen LogP contribution in [0.4, 0.5) is 0 Å². The summed E-state index contributed by atoms with van der Waals surface area (Å²) in [6.07, 6.45) is 4.55. The van der Waals surface area contributed by atoms with E-state index in [1.54, 1.807) is 7.11 Å². The highest BCUT2D eigenvalue weighted by Gasteiger charge is 2.19. The van der Waals surface area contributed by atoms with Gasteiger partial charge in [-0.3, -0.25) is 0 Å². The standard InChI is InChI=1S/C16H25NO2S/c1-19-14-7-6-13-4-2-5-16(15(13)12-14)17-8-11-20-10-3-9-18/h6-7,12,16-18H,2-5,8-11H2,1H3. The van der Waals surface area contributed by atoms with Crippen LogP contribution in [0.3, 0.4) is 0 Å². The molecule has 0 radical (unpaired) electrons. The number of methoxy groups -OCH3 is 1. The Bertz CT molecular complexity index is 411. The Morgan fingerprint density at radius 2 is 2.30 bits per heavy atom. The first kappa shape index (κ1) is 15.7. The molecule has 1 atom stereocenters. The maximum atomic E-state index is 8.74. The van der Waals surface area contributed by atoms with E-state index in [-0.39, 0.29) is 0 Å². The lowest BCUT2D eigenvalue weighted by Gasteiger charge is -2.27. The van der Waals surface area contributed by atoms with Gasteiger partial charge in [0.15, 0.2) is 0 Å². The van der Waals surface area contributed by atoms with Crippen LogP contribution < -0.4 is 10.1 Å². The molecule has 2 rings (SSSR count). The van der Waals surface area contributed by atoms with Crippen molar-refractivity contribution in [1.82, 2.24) is 5.32 Å². The second kappa shape index (κ2) is 8.55. The van der Waals surface area contributed by atoms with Crippen molar-refractivity contribution in [2.75, 3.05) is 31.8 Å². The van der Waals surface area contributed by atoms with Gasteiger partial charge in [-0.1, -0.05) is 6.07 Å². The van der Waals surface area contributed by atoms with Gasteiger partial charge in [-0.25, -0.2) is 0 Å². The average Bonchev–Trinajstić information content (AvgIpc) is 2.50. The summed E-state index contributed by atoms with van der Waals surface area (Å²) in [6, 6.07) is 6.92. The van der Waals surface area contributed by atoms with Crippen LogP contribution in [0.15, 0.2) is 18.2 Å². The van der Waals surface area contributed by atoms with E-state index in [1.807, 2.05) is 11.8 Å². The zero-order valence-corrected chi connectivity index (χ0v) is 13.0. The third-order valence-electron chi connectivity index (χ3n) is 3.75. The molecule has 0 saturated carbocycles. The Hall–Kier alpha value is -0.710. The molecular formula is C16H25NO2S. The Balaban J connectivity index is 1.84. The van der Waals surface area contributed by atoms with Crippen molar-refractivity contribution in [1.29, 1.82) is 0 Å². The van der Waals surface area contributed by atoms with Crippen molar-refractivity contribution < 1.29 is 9.84 Å². The fourth-order valence-electron chi connectivity index (χ4n) is 2.69. The molecule has 1 aliphatic carbocycles. The number of hydrogen-bond donors (Lipinski definition) is 2. The van der Waals surface area contributed by atoms with Gasteiger partial charge in [-0.15, -0.1) is 0 Å². The number of benzene rings is 1. The van der Waals surface area contributed by atoms with E-state index in [4.69, 9.17) is 9.84 Å². The summed E-state index contributed by atoms with van der Waals surface area (Å²) < 4.78 is 5.34. The summed E-state index contributed by atoms with van der Waals surface area (Å²) in [4.78, 5) is 0. The van der Waals surface area contributed by atoms with Gasteiger partial charge in [0, 0.05) is 24.9 Å². The minimum Gasteiger partial charge on any atom is -0.497 e. The van der Waals surface area contributed by atoms with Gasteiger partial charge in [-0.05, 0) is 54.7 Å². The van der Waals surface area contributed by atoms with Crippen LogP contribution in [0.5, 0.6) is 5.75 Å². The highest BCUT2D eigenvalue weighted by Crippen LogP contribution is 2.32. The zero-order chi connectivity index (χ0) is 14.2. The predicted octanol–water partition coefficient (Wildman–Crippen LogP) is 2.78. The number of nitrogens with one attached hydrogen (secondary N) is 1.